The quantitative estimate of drug-likeness (QED) is 0.541. The molecule has 56 valence electrons. The fourth-order valence-electron chi connectivity index (χ4n) is 0.577. The van der Waals surface area contributed by atoms with Crippen molar-refractivity contribution >= 4 is 6.21 Å². The average Bonchev–Trinajstić information content (AvgIpc) is 1.82. The second-order valence-corrected chi connectivity index (χ2v) is 2.25. The predicted octanol–water partition coefficient (Wildman–Crippen LogP) is 1.67. The van der Waals surface area contributed by atoms with Gasteiger partial charge in [-0.15, -0.1) is 0 Å². The first-order chi connectivity index (χ1) is 4.66. The van der Waals surface area contributed by atoms with Crippen molar-refractivity contribution < 1.29 is 0 Å². The molecule has 0 spiro atoms. The van der Waals surface area contributed by atoms with Crippen molar-refractivity contribution in [3.05, 3.63) is 24.6 Å². The Morgan fingerprint density at radius 3 is 2.50 bits per heavy atom. The maximum atomic E-state index is 4.06. The lowest BCUT2D eigenvalue weighted by atomic mass is 10.5. The minimum atomic E-state index is 0.977. The highest BCUT2D eigenvalue weighted by atomic mass is 15.0. The van der Waals surface area contributed by atoms with Crippen molar-refractivity contribution in [2.75, 3.05) is 14.1 Å². The fraction of sp³-hybridized carbons (Fsp3) is 0.375. The van der Waals surface area contributed by atoms with Gasteiger partial charge in [0.2, 0.25) is 0 Å². The largest absolute Gasteiger partial charge is 0.382 e. The van der Waals surface area contributed by atoms with Gasteiger partial charge in [0.1, 0.15) is 0 Å². The first-order valence-electron chi connectivity index (χ1n) is 3.16. The van der Waals surface area contributed by atoms with Crippen LogP contribution < -0.4 is 0 Å². The van der Waals surface area contributed by atoms with Crippen LogP contribution >= 0.6 is 0 Å². The summed E-state index contributed by atoms with van der Waals surface area (Å²) < 4.78 is 0. The van der Waals surface area contributed by atoms with Crippen LogP contribution in [0, 0.1) is 0 Å². The zero-order valence-electron chi connectivity index (χ0n) is 6.83. The maximum Gasteiger partial charge on any atom is 0.0530 e. The number of aliphatic imine (C=N–C) groups is 1. The van der Waals surface area contributed by atoms with E-state index in [0.29, 0.717) is 0 Å². The van der Waals surface area contributed by atoms with Crippen LogP contribution in [-0.4, -0.2) is 25.2 Å². The lowest BCUT2D eigenvalue weighted by Crippen LogP contribution is -2.01. The second-order valence-electron chi connectivity index (χ2n) is 2.25. The molecule has 0 aliphatic heterocycles. The van der Waals surface area contributed by atoms with Gasteiger partial charge in [-0.3, -0.25) is 4.99 Å². The summed E-state index contributed by atoms with van der Waals surface area (Å²) in [7, 11) is 3.93. The van der Waals surface area contributed by atoms with Gasteiger partial charge in [0.15, 0.2) is 0 Å². The van der Waals surface area contributed by atoms with E-state index in [1.165, 1.54) is 0 Å². The molecular weight excluding hydrogens is 124 g/mol. The number of nitrogens with zero attached hydrogens (tertiary/aromatic N) is 2. The van der Waals surface area contributed by atoms with Crippen molar-refractivity contribution in [1.82, 2.24) is 4.90 Å². The summed E-state index contributed by atoms with van der Waals surface area (Å²) in [5.74, 6) is 0. The zero-order chi connectivity index (χ0) is 7.98. The van der Waals surface area contributed by atoms with E-state index in [1.807, 2.05) is 32.1 Å². The summed E-state index contributed by atoms with van der Waals surface area (Å²) in [4.78, 5) is 6.01. The van der Waals surface area contributed by atoms with Crippen molar-refractivity contribution in [2.45, 2.75) is 6.92 Å². The number of rotatable bonds is 3. The van der Waals surface area contributed by atoms with E-state index < -0.39 is 0 Å². The molecule has 0 radical (unpaired) electrons. The monoisotopic (exact) mass is 138 g/mol. The molecule has 0 heterocycles. The molecule has 0 saturated heterocycles. The van der Waals surface area contributed by atoms with Crippen LogP contribution in [0.15, 0.2) is 29.5 Å². The zero-order valence-corrected chi connectivity index (χ0v) is 6.83. The van der Waals surface area contributed by atoms with E-state index in [-0.39, 0.29) is 0 Å². The van der Waals surface area contributed by atoms with Gasteiger partial charge in [-0.05, 0) is 6.92 Å². The highest BCUT2D eigenvalue weighted by molar-refractivity contribution is 5.71. The van der Waals surface area contributed by atoms with Gasteiger partial charge in [-0.2, -0.15) is 0 Å². The first kappa shape index (κ1) is 8.95. The highest BCUT2D eigenvalue weighted by Gasteiger charge is 1.81. The normalized spacial score (nSPS) is 12.1. The molecule has 0 aromatic carbocycles. The van der Waals surface area contributed by atoms with Crippen LogP contribution in [-0.2, 0) is 0 Å². The number of hydrogen-bond acceptors (Lipinski definition) is 2. The van der Waals surface area contributed by atoms with E-state index in [0.717, 1.165) is 5.70 Å². The molecule has 0 saturated carbocycles. The fourth-order valence-corrected chi connectivity index (χ4v) is 0.577. The standard InChI is InChI=1S/C8H14N2/c1-5-6-9-8(2)7-10(3)4/h5-7H,1H2,2-4H3/b8-7-,9-6-. The van der Waals surface area contributed by atoms with Gasteiger partial charge >= 0.3 is 0 Å². The lowest BCUT2D eigenvalue weighted by molar-refractivity contribution is 0.557. The Kier molecular flexibility index (Phi) is 4.29. The third-order valence-corrected chi connectivity index (χ3v) is 0.829. The molecule has 0 amide bonds. The molecule has 0 bridgehead atoms. The Balaban J connectivity index is 3.93. The van der Waals surface area contributed by atoms with Crippen LogP contribution in [0.3, 0.4) is 0 Å². The molecule has 2 heteroatoms. The van der Waals surface area contributed by atoms with E-state index >= 15 is 0 Å². The van der Waals surface area contributed by atoms with Crippen LogP contribution in [0.2, 0.25) is 0 Å². The SMILES string of the molecule is C=C/C=N\C(C)=C/N(C)C. The molecule has 0 aliphatic rings. The van der Waals surface area contributed by atoms with Crippen LogP contribution in [0.1, 0.15) is 6.92 Å². The molecule has 2 nitrogen and oxygen atoms in total. The maximum absolute atomic E-state index is 4.06. The van der Waals surface area contributed by atoms with Gasteiger partial charge < -0.3 is 4.90 Å². The number of hydrogen-bond donors (Lipinski definition) is 0. The summed E-state index contributed by atoms with van der Waals surface area (Å²) in [6, 6.07) is 0. The minimum Gasteiger partial charge on any atom is -0.382 e. The van der Waals surface area contributed by atoms with E-state index in [9.17, 15) is 0 Å². The molecule has 0 aromatic heterocycles. The third kappa shape index (κ3) is 5.09. The minimum absolute atomic E-state index is 0.977. The van der Waals surface area contributed by atoms with Gasteiger partial charge in [0.25, 0.3) is 0 Å². The van der Waals surface area contributed by atoms with Gasteiger partial charge in [-0.1, -0.05) is 12.7 Å². The molecule has 0 N–H and O–H groups in total. The second kappa shape index (κ2) is 4.79. The predicted molar refractivity (Wildman–Crippen MR) is 46.1 cm³/mol. The summed E-state index contributed by atoms with van der Waals surface area (Å²) in [6.45, 7) is 5.47. The van der Waals surface area contributed by atoms with Crippen molar-refractivity contribution in [3.63, 3.8) is 0 Å². The Labute approximate surface area is 62.6 Å². The summed E-state index contributed by atoms with van der Waals surface area (Å²) in [6.07, 6.45) is 5.28. The molecule has 0 fully saturated rings. The molecular formula is C8H14N2. The summed E-state index contributed by atoms with van der Waals surface area (Å²) in [5, 5.41) is 0. The Morgan fingerprint density at radius 2 is 2.10 bits per heavy atom. The summed E-state index contributed by atoms with van der Waals surface area (Å²) in [5.41, 5.74) is 0.977. The molecule has 0 aromatic rings. The average molecular weight is 138 g/mol. The molecule has 0 rings (SSSR count). The van der Waals surface area contributed by atoms with Gasteiger partial charge in [0, 0.05) is 26.5 Å². The third-order valence-electron chi connectivity index (χ3n) is 0.829. The lowest BCUT2D eigenvalue weighted by Gasteiger charge is -2.03. The Morgan fingerprint density at radius 1 is 1.50 bits per heavy atom. The van der Waals surface area contributed by atoms with E-state index in [2.05, 4.69) is 11.6 Å². The van der Waals surface area contributed by atoms with Crippen molar-refractivity contribution in [3.8, 4) is 0 Å². The first-order valence-corrected chi connectivity index (χ1v) is 3.16. The van der Waals surface area contributed by atoms with Crippen LogP contribution in [0.25, 0.3) is 0 Å². The van der Waals surface area contributed by atoms with E-state index in [1.54, 1.807) is 12.3 Å². The Hall–Kier alpha value is -1.05. The van der Waals surface area contributed by atoms with Gasteiger partial charge in [-0.25, -0.2) is 0 Å². The van der Waals surface area contributed by atoms with Gasteiger partial charge in [0.05, 0.1) is 5.70 Å². The Bertz CT molecular complexity index is 155. The van der Waals surface area contributed by atoms with Crippen molar-refractivity contribution in [2.24, 2.45) is 4.99 Å². The van der Waals surface area contributed by atoms with Crippen LogP contribution in [0.5, 0.6) is 0 Å². The smallest absolute Gasteiger partial charge is 0.0530 e. The molecule has 10 heavy (non-hydrogen) atoms. The molecule has 0 unspecified atom stereocenters. The molecule has 0 atom stereocenters. The van der Waals surface area contributed by atoms with Crippen LogP contribution in [0.4, 0.5) is 0 Å². The molecule has 0 aliphatic carbocycles. The summed E-state index contributed by atoms with van der Waals surface area (Å²) >= 11 is 0. The van der Waals surface area contributed by atoms with Crippen molar-refractivity contribution in [1.29, 1.82) is 0 Å². The topological polar surface area (TPSA) is 15.6 Å². The van der Waals surface area contributed by atoms with E-state index in [4.69, 9.17) is 0 Å². The highest BCUT2D eigenvalue weighted by Crippen LogP contribution is 1.93. The number of allylic oxidation sites excluding steroid dienone is 2.